The highest BCUT2D eigenvalue weighted by Gasteiger charge is 2.47. The van der Waals surface area contributed by atoms with Crippen molar-refractivity contribution in [3.63, 3.8) is 0 Å². The molecule has 2 atom stereocenters. The van der Waals surface area contributed by atoms with Crippen LogP contribution in [0.3, 0.4) is 0 Å². The lowest BCUT2D eigenvalue weighted by molar-refractivity contribution is -0.142. The van der Waals surface area contributed by atoms with Gasteiger partial charge in [-0.15, -0.1) is 4.72 Å². The molecule has 6 heteroatoms. The van der Waals surface area contributed by atoms with Gasteiger partial charge < -0.3 is 9.29 Å². The van der Waals surface area contributed by atoms with E-state index < -0.39 is 27.6 Å². The van der Waals surface area contributed by atoms with Gasteiger partial charge in [-0.3, -0.25) is 4.79 Å². The van der Waals surface area contributed by atoms with Crippen LogP contribution in [-0.2, 0) is 32.9 Å². The molecule has 1 aromatic carbocycles. The van der Waals surface area contributed by atoms with Gasteiger partial charge >= 0.3 is 5.97 Å². The Morgan fingerprint density at radius 1 is 1.50 bits per heavy atom. The minimum atomic E-state index is -1.38. The van der Waals surface area contributed by atoms with E-state index in [1.165, 1.54) is 13.2 Å². The number of hydrogen-bond acceptors (Lipinski definition) is 4. The number of esters is 1. The Kier molecular flexibility index (Phi) is 4.84. The molecule has 0 heterocycles. The van der Waals surface area contributed by atoms with E-state index in [2.05, 4.69) is 4.72 Å². The first-order chi connectivity index (χ1) is 10.2. The summed E-state index contributed by atoms with van der Waals surface area (Å²) < 4.78 is 33.9. The quantitative estimate of drug-likeness (QED) is 0.682. The maximum Gasteiger partial charge on any atom is 0.307 e. The molecule has 0 spiro atoms. The van der Waals surface area contributed by atoms with Crippen molar-refractivity contribution in [2.75, 3.05) is 7.11 Å². The van der Waals surface area contributed by atoms with Crippen LogP contribution in [0, 0.1) is 5.82 Å². The lowest BCUT2D eigenvalue weighted by Gasteiger charge is -2.34. The summed E-state index contributed by atoms with van der Waals surface area (Å²) in [6.07, 6.45) is 1.05. The highest BCUT2D eigenvalue weighted by atomic mass is 32.2. The lowest BCUT2D eigenvalue weighted by Crippen LogP contribution is -2.51. The van der Waals surface area contributed by atoms with Gasteiger partial charge in [0.15, 0.2) is 0 Å². The highest BCUT2D eigenvalue weighted by molar-refractivity contribution is 7.90. The molecule has 122 valence electrons. The van der Waals surface area contributed by atoms with Crippen molar-refractivity contribution in [2.24, 2.45) is 0 Å². The van der Waals surface area contributed by atoms with Gasteiger partial charge in [0.25, 0.3) is 0 Å². The summed E-state index contributed by atoms with van der Waals surface area (Å²) in [6, 6.07) is 4.82. The van der Waals surface area contributed by atoms with Crippen LogP contribution >= 0.6 is 0 Å². The minimum absolute atomic E-state index is 0.0295. The van der Waals surface area contributed by atoms with E-state index in [1.54, 1.807) is 12.1 Å². The Labute approximate surface area is 133 Å². The van der Waals surface area contributed by atoms with Crippen molar-refractivity contribution in [3.05, 3.63) is 35.1 Å². The van der Waals surface area contributed by atoms with Crippen molar-refractivity contribution in [2.45, 2.75) is 50.3 Å². The molecule has 22 heavy (non-hydrogen) atoms. The third-order valence-electron chi connectivity index (χ3n) is 3.95. The zero-order chi connectivity index (χ0) is 16.5. The number of rotatable bonds is 4. The standard InChI is InChI=1S/C16H22FNO3S/c1-15(2,3)22(20)18-16(10-14(19)21-4)9-8-11-12(16)6-5-7-13(11)17/h5-7,18H,8-10H2,1-4H3/t16-,22+/m1/s1. The summed E-state index contributed by atoms with van der Waals surface area (Å²) in [6.45, 7) is 5.55. The van der Waals surface area contributed by atoms with Gasteiger partial charge in [-0.05, 0) is 50.8 Å². The summed E-state index contributed by atoms with van der Waals surface area (Å²) in [5, 5.41) is 0. The number of fused-ring (bicyclic) bond motifs is 1. The van der Waals surface area contributed by atoms with Crippen LogP contribution in [0.4, 0.5) is 4.39 Å². The maximum atomic E-state index is 14.0. The first kappa shape index (κ1) is 17.2. The zero-order valence-electron chi connectivity index (χ0n) is 13.4. The third-order valence-corrected chi connectivity index (χ3v) is 5.64. The molecule has 0 fully saturated rings. The number of carbonyl (C=O) groups excluding carboxylic acids is 1. The second kappa shape index (κ2) is 6.18. The Morgan fingerprint density at radius 3 is 2.77 bits per heavy atom. The predicted octanol–water partition coefficient (Wildman–Crippen LogP) is 2.58. The summed E-state index contributed by atoms with van der Waals surface area (Å²) in [7, 11) is 1.32. The summed E-state index contributed by atoms with van der Waals surface area (Å²) in [5.74, 6) is -0.692. The van der Waals surface area contributed by atoms with E-state index in [-0.39, 0.29) is 12.2 Å². The second-order valence-electron chi connectivity index (χ2n) is 6.58. The smallest absolute Gasteiger partial charge is 0.307 e. The topological polar surface area (TPSA) is 61.4 Å². The van der Waals surface area contributed by atoms with Crippen molar-refractivity contribution in [1.82, 2.24) is 4.72 Å². The van der Waals surface area contributed by atoms with E-state index in [0.29, 0.717) is 24.0 Å². The largest absolute Gasteiger partial charge is 0.598 e. The number of carbonyl (C=O) groups is 1. The van der Waals surface area contributed by atoms with Crippen LogP contribution in [0.25, 0.3) is 0 Å². The Bertz CT molecular complexity index is 573. The number of halogens is 1. The van der Waals surface area contributed by atoms with Gasteiger partial charge in [0.05, 0.1) is 19.1 Å². The number of nitrogens with one attached hydrogen (secondary N) is 1. The highest BCUT2D eigenvalue weighted by Crippen LogP contribution is 2.42. The molecule has 0 saturated heterocycles. The number of methoxy groups -OCH3 is 1. The van der Waals surface area contributed by atoms with Gasteiger partial charge in [0, 0.05) is 11.4 Å². The van der Waals surface area contributed by atoms with Crippen LogP contribution in [0.15, 0.2) is 18.2 Å². The Balaban J connectivity index is 2.42. The number of ether oxygens (including phenoxy) is 1. The molecule has 0 aromatic heterocycles. The van der Waals surface area contributed by atoms with Crippen molar-refractivity contribution >= 4 is 17.3 Å². The van der Waals surface area contributed by atoms with Gasteiger partial charge in [-0.2, -0.15) is 0 Å². The predicted molar refractivity (Wildman–Crippen MR) is 84.1 cm³/mol. The molecule has 1 aliphatic carbocycles. The molecule has 0 radical (unpaired) electrons. The van der Waals surface area contributed by atoms with Crippen LogP contribution in [0.1, 0.15) is 44.7 Å². The molecule has 0 unspecified atom stereocenters. The zero-order valence-corrected chi connectivity index (χ0v) is 14.2. The normalized spacial score (nSPS) is 22.3. The molecule has 0 saturated carbocycles. The molecule has 0 amide bonds. The van der Waals surface area contributed by atoms with E-state index in [0.717, 1.165) is 0 Å². The molecule has 1 N–H and O–H groups in total. The summed E-state index contributed by atoms with van der Waals surface area (Å²) in [4.78, 5) is 11.8. The van der Waals surface area contributed by atoms with Crippen molar-refractivity contribution < 1.29 is 18.5 Å². The van der Waals surface area contributed by atoms with Gasteiger partial charge in [-0.1, -0.05) is 12.1 Å². The van der Waals surface area contributed by atoms with Gasteiger partial charge in [0.1, 0.15) is 10.6 Å². The molecular formula is C16H22FNO3S. The molecule has 2 rings (SSSR count). The Morgan fingerprint density at radius 2 is 2.18 bits per heavy atom. The molecular weight excluding hydrogens is 305 g/mol. The number of hydrogen-bond donors (Lipinski definition) is 1. The average molecular weight is 327 g/mol. The molecule has 0 aliphatic heterocycles. The molecule has 4 nitrogen and oxygen atoms in total. The van der Waals surface area contributed by atoms with Crippen LogP contribution in [0.5, 0.6) is 0 Å². The third kappa shape index (κ3) is 3.29. The summed E-state index contributed by atoms with van der Waals surface area (Å²) in [5.41, 5.74) is 0.447. The number of benzene rings is 1. The Hall–Kier alpha value is -1.11. The minimum Gasteiger partial charge on any atom is -0.598 e. The first-order valence-electron chi connectivity index (χ1n) is 7.24. The lowest BCUT2D eigenvalue weighted by atomic mass is 9.89. The monoisotopic (exact) mass is 327 g/mol. The van der Waals surface area contributed by atoms with Crippen LogP contribution in [-0.4, -0.2) is 22.4 Å². The maximum absolute atomic E-state index is 14.0. The van der Waals surface area contributed by atoms with E-state index in [4.69, 9.17) is 4.74 Å². The fourth-order valence-corrected chi connectivity index (χ4v) is 3.65. The van der Waals surface area contributed by atoms with Crippen LogP contribution in [0.2, 0.25) is 0 Å². The van der Waals surface area contributed by atoms with Crippen LogP contribution < -0.4 is 4.72 Å². The van der Waals surface area contributed by atoms with E-state index >= 15 is 0 Å². The van der Waals surface area contributed by atoms with E-state index in [1.807, 2.05) is 20.8 Å². The SMILES string of the molecule is COC(=O)C[C@]1(N[S@@+]([O-])C(C)(C)C)CCc2c(F)cccc21. The van der Waals surface area contributed by atoms with Gasteiger partial charge in [-0.25, -0.2) is 4.39 Å². The summed E-state index contributed by atoms with van der Waals surface area (Å²) >= 11 is -1.38. The molecule has 1 aliphatic rings. The first-order valence-corrected chi connectivity index (χ1v) is 8.39. The van der Waals surface area contributed by atoms with Crippen molar-refractivity contribution in [1.29, 1.82) is 0 Å². The fourth-order valence-electron chi connectivity index (χ4n) is 2.71. The van der Waals surface area contributed by atoms with Crippen molar-refractivity contribution in [3.8, 4) is 0 Å². The average Bonchev–Trinajstić information content (AvgIpc) is 2.78. The second-order valence-corrected chi connectivity index (χ2v) is 8.55. The van der Waals surface area contributed by atoms with Gasteiger partial charge in [0.2, 0.25) is 0 Å². The fraction of sp³-hybridized carbons (Fsp3) is 0.562. The molecule has 0 bridgehead atoms. The van der Waals surface area contributed by atoms with E-state index in [9.17, 15) is 13.7 Å². The molecule has 1 aromatic rings.